The Morgan fingerprint density at radius 1 is 1.50 bits per heavy atom. The van der Waals surface area contributed by atoms with Crippen LogP contribution >= 0.6 is 0 Å². The van der Waals surface area contributed by atoms with E-state index in [1.54, 1.807) is 13.8 Å². The summed E-state index contributed by atoms with van der Waals surface area (Å²) in [5, 5.41) is 6.43. The number of hydrogen-bond donors (Lipinski definition) is 1. The fourth-order valence-electron chi connectivity index (χ4n) is 1.16. The van der Waals surface area contributed by atoms with Gasteiger partial charge in [-0.05, 0) is 20.8 Å². The lowest BCUT2D eigenvalue weighted by atomic mass is 10.4. The third kappa shape index (κ3) is 3.94. The average Bonchev–Trinajstić information content (AvgIpc) is 2.59. The van der Waals surface area contributed by atoms with E-state index in [-0.39, 0.29) is 11.0 Å². The predicted octanol–water partition coefficient (Wildman–Crippen LogP) is 0.896. The largest absolute Gasteiger partial charge is 0.360 e. The number of sulfone groups is 1. The molecule has 1 N–H and O–H groups in total. The standard InChI is InChI=1S/C10H18N2O3S/c1-8(2)16(13,14)5-4-11-7-10-6-9(3)12-15-10/h6,8,11H,4-5,7H2,1-3H3. The maximum absolute atomic E-state index is 11.5. The number of aryl methyl sites for hydroxylation is 1. The summed E-state index contributed by atoms with van der Waals surface area (Å²) >= 11 is 0. The highest BCUT2D eigenvalue weighted by molar-refractivity contribution is 7.92. The second kappa shape index (κ2) is 5.45. The summed E-state index contributed by atoms with van der Waals surface area (Å²) in [7, 11) is -2.96. The molecule has 1 rings (SSSR count). The third-order valence-electron chi connectivity index (χ3n) is 2.26. The van der Waals surface area contributed by atoms with Crippen molar-refractivity contribution in [3.8, 4) is 0 Å². The highest BCUT2D eigenvalue weighted by atomic mass is 32.2. The summed E-state index contributed by atoms with van der Waals surface area (Å²) < 4.78 is 27.9. The topological polar surface area (TPSA) is 72.2 Å². The summed E-state index contributed by atoms with van der Waals surface area (Å²) in [4.78, 5) is 0. The summed E-state index contributed by atoms with van der Waals surface area (Å²) in [6, 6.07) is 1.82. The van der Waals surface area contributed by atoms with Gasteiger partial charge in [0.1, 0.15) is 0 Å². The Morgan fingerprint density at radius 2 is 2.19 bits per heavy atom. The van der Waals surface area contributed by atoms with Gasteiger partial charge in [-0.3, -0.25) is 0 Å². The molecule has 0 aromatic carbocycles. The molecular formula is C10H18N2O3S. The van der Waals surface area contributed by atoms with Gasteiger partial charge in [-0.2, -0.15) is 0 Å². The number of aromatic nitrogens is 1. The molecule has 16 heavy (non-hydrogen) atoms. The molecule has 5 nitrogen and oxygen atoms in total. The summed E-state index contributed by atoms with van der Waals surface area (Å²) in [5.74, 6) is 0.872. The Labute approximate surface area is 96.1 Å². The second-order valence-electron chi connectivity index (χ2n) is 4.03. The van der Waals surface area contributed by atoms with Crippen molar-refractivity contribution in [1.29, 1.82) is 0 Å². The molecule has 0 saturated heterocycles. The Kier molecular flexibility index (Phi) is 4.49. The van der Waals surface area contributed by atoms with Crippen LogP contribution in [-0.4, -0.2) is 31.1 Å². The first-order chi connectivity index (χ1) is 7.42. The molecule has 0 unspecified atom stereocenters. The van der Waals surface area contributed by atoms with Crippen LogP contribution in [0.15, 0.2) is 10.6 Å². The van der Waals surface area contributed by atoms with Gasteiger partial charge >= 0.3 is 0 Å². The van der Waals surface area contributed by atoms with Crippen molar-refractivity contribution in [2.45, 2.75) is 32.6 Å². The zero-order valence-corrected chi connectivity index (χ0v) is 10.7. The molecule has 92 valence electrons. The molecule has 0 bridgehead atoms. The van der Waals surface area contributed by atoms with Gasteiger partial charge in [0.25, 0.3) is 0 Å². The smallest absolute Gasteiger partial charge is 0.153 e. The van der Waals surface area contributed by atoms with Crippen LogP contribution in [0.3, 0.4) is 0 Å². The number of rotatable bonds is 6. The maximum atomic E-state index is 11.5. The van der Waals surface area contributed by atoms with E-state index in [9.17, 15) is 8.42 Å². The average molecular weight is 246 g/mol. The van der Waals surface area contributed by atoms with Gasteiger partial charge < -0.3 is 9.84 Å². The highest BCUT2D eigenvalue weighted by Crippen LogP contribution is 2.02. The van der Waals surface area contributed by atoms with Gasteiger partial charge in [0.2, 0.25) is 0 Å². The van der Waals surface area contributed by atoms with Crippen LogP contribution in [0.1, 0.15) is 25.3 Å². The van der Waals surface area contributed by atoms with Gasteiger partial charge in [-0.15, -0.1) is 0 Å². The lowest BCUT2D eigenvalue weighted by Crippen LogP contribution is -2.26. The molecule has 0 aliphatic heterocycles. The molecule has 0 spiro atoms. The van der Waals surface area contributed by atoms with Crippen LogP contribution in [0.5, 0.6) is 0 Å². The van der Waals surface area contributed by atoms with Crippen LogP contribution < -0.4 is 5.32 Å². The monoisotopic (exact) mass is 246 g/mol. The van der Waals surface area contributed by atoms with Crippen LogP contribution in [0, 0.1) is 6.92 Å². The van der Waals surface area contributed by atoms with E-state index in [1.807, 2.05) is 13.0 Å². The lowest BCUT2D eigenvalue weighted by molar-refractivity contribution is 0.371. The highest BCUT2D eigenvalue weighted by Gasteiger charge is 2.14. The van der Waals surface area contributed by atoms with Crippen LogP contribution in [0.25, 0.3) is 0 Å². The van der Waals surface area contributed by atoms with Crippen molar-refractivity contribution < 1.29 is 12.9 Å². The Morgan fingerprint density at radius 3 is 2.69 bits per heavy atom. The zero-order valence-electron chi connectivity index (χ0n) is 9.86. The molecule has 1 heterocycles. The molecule has 0 aliphatic rings. The van der Waals surface area contributed by atoms with E-state index in [4.69, 9.17) is 4.52 Å². The zero-order chi connectivity index (χ0) is 12.2. The molecule has 0 aliphatic carbocycles. The van der Waals surface area contributed by atoms with E-state index >= 15 is 0 Å². The van der Waals surface area contributed by atoms with Gasteiger partial charge in [0, 0.05) is 12.6 Å². The minimum atomic E-state index is -2.96. The van der Waals surface area contributed by atoms with Crippen molar-refractivity contribution in [2.24, 2.45) is 0 Å². The molecule has 0 saturated carbocycles. The first-order valence-corrected chi connectivity index (χ1v) is 6.98. The van der Waals surface area contributed by atoms with Crippen molar-refractivity contribution in [2.75, 3.05) is 12.3 Å². The Hall–Kier alpha value is -0.880. The molecule has 0 fully saturated rings. The summed E-state index contributed by atoms with van der Waals surface area (Å²) in [6.07, 6.45) is 0. The molecular weight excluding hydrogens is 228 g/mol. The van der Waals surface area contributed by atoms with Crippen LogP contribution in [0.2, 0.25) is 0 Å². The van der Waals surface area contributed by atoms with E-state index in [2.05, 4.69) is 10.5 Å². The van der Waals surface area contributed by atoms with Gasteiger partial charge in [0.15, 0.2) is 15.6 Å². The number of hydrogen-bond acceptors (Lipinski definition) is 5. The molecule has 0 radical (unpaired) electrons. The fraction of sp³-hybridized carbons (Fsp3) is 0.700. The predicted molar refractivity (Wildman–Crippen MR) is 61.9 cm³/mol. The van der Waals surface area contributed by atoms with Crippen LogP contribution in [0.4, 0.5) is 0 Å². The van der Waals surface area contributed by atoms with Gasteiger partial charge in [-0.1, -0.05) is 5.16 Å². The molecule has 0 amide bonds. The summed E-state index contributed by atoms with van der Waals surface area (Å²) in [6.45, 7) is 6.16. The van der Waals surface area contributed by atoms with E-state index in [0.29, 0.717) is 13.1 Å². The molecule has 1 aromatic heterocycles. The van der Waals surface area contributed by atoms with Gasteiger partial charge in [0.05, 0.1) is 23.2 Å². The van der Waals surface area contributed by atoms with Crippen molar-refractivity contribution in [1.82, 2.24) is 10.5 Å². The van der Waals surface area contributed by atoms with Crippen molar-refractivity contribution >= 4 is 9.84 Å². The first-order valence-electron chi connectivity index (χ1n) is 5.26. The van der Waals surface area contributed by atoms with Crippen molar-refractivity contribution in [3.05, 3.63) is 17.5 Å². The summed E-state index contributed by atoms with van der Waals surface area (Å²) in [5.41, 5.74) is 0.826. The Balaban J connectivity index is 2.27. The minimum absolute atomic E-state index is 0.151. The third-order valence-corrected chi connectivity index (χ3v) is 4.47. The fourth-order valence-corrected chi connectivity index (χ4v) is 2.06. The normalized spacial score (nSPS) is 12.2. The quantitative estimate of drug-likeness (QED) is 0.755. The Bertz CT molecular complexity index is 423. The van der Waals surface area contributed by atoms with Crippen LogP contribution in [-0.2, 0) is 16.4 Å². The number of nitrogens with zero attached hydrogens (tertiary/aromatic N) is 1. The van der Waals surface area contributed by atoms with E-state index < -0.39 is 9.84 Å². The molecule has 1 aromatic rings. The first kappa shape index (κ1) is 13.2. The maximum Gasteiger partial charge on any atom is 0.153 e. The molecule has 6 heteroatoms. The van der Waals surface area contributed by atoms with Crippen molar-refractivity contribution in [3.63, 3.8) is 0 Å². The second-order valence-corrected chi connectivity index (χ2v) is 6.70. The molecule has 0 atom stereocenters. The number of nitrogens with one attached hydrogen (secondary N) is 1. The van der Waals surface area contributed by atoms with E-state index in [1.165, 1.54) is 0 Å². The minimum Gasteiger partial charge on any atom is -0.360 e. The van der Waals surface area contributed by atoms with Gasteiger partial charge in [-0.25, -0.2) is 8.42 Å². The van der Waals surface area contributed by atoms with E-state index in [0.717, 1.165) is 11.5 Å². The SMILES string of the molecule is Cc1cc(CNCCS(=O)(=O)C(C)C)on1. The lowest BCUT2D eigenvalue weighted by Gasteiger charge is -2.07.